The molecule has 0 spiro atoms. The summed E-state index contributed by atoms with van der Waals surface area (Å²) in [6.07, 6.45) is 4.89. The molecule has 0 radical (unpaired) electrons. The van der Waals surface area contributed by atoms with Gasteiger partial charge in [-0.25, -0.2) is 4.79 Å². The number of nitrogens with one attached hydrogen (secondary N) is 2. The predicted octanol–water partition coefficient (Wildman–Crippen LogP) is 3.93. The van der Waals surface area contributed by atoms with Gasteiger partial charge in [0, 0.05) is 17.5 Å². The number of carbonyl (C=O) groups is 3. The molecule has 0 fully saturated rings. The van der Waals surface area contributed by atoms with E-state index in [1.807, 2.05) is 32.0 Å². The number of carbonyl (C=O) groups excluding carboxylic acids is 3. The van der Waals surface area contributed by atoms with Gasteiger partial charge in [0.2, 0.25) is 0 Å². The zero-order valence-corrected chi connectivity index (χ0v) is 21.3. The maximum Gasteiger partial charge on any atom is 0.408 e. The number of aromatic hydroxyl groups is 1. The maximum absolute atomic E-state index is 13.5. The standard InChI is InChI=1S/C26H31N3O5S/c1-7-29(24(32)20(15-35)27-25(33)34-26(4,5)6)22(18-12-9-13-19(30)14-18)23(31)28-21-16(2)10-8-11-17(21)3/h1,8-14,20,22,30,35H,15H2,2-6H3,(H,27,33)(H,28,31). The van der Waals surface area contributed by atoms with Gasteiger partial charge in [-0.15, -0.1) is 0 Å². The van der Waals surface area contributed by atoms with Crippen molar-refractivity contribution >= 4 is 36.2 Å². The van der Waals surface area contributed by atoms with Crippen molar-refractivity contribution in [3.8, 4) is 18.2 Å². The van der Waals surface area contributed by atoms with Crippen LogP contribution < -0.4 is 10.6 Å². The van der Waals surface area contributed by atoms with E-state index in [-0.39, 0.29) is 17.1 Å². The average Bonchev–Trinajstić information content (AvgIpc) is 2.76. The van der Waals surface area contributed by atoms with E-state index >= 15 is 0 Å². The SMILES string of the molecule is C#CN(C(=O)C(CS)NC(=O)OC(C)(C)C)C(C(=O)Nc1c(C)cccc1C)c1cccc(O)c1. The molecule has 2 aromatic rings. The van der Waals surface area contributed by atoms with E-state index < -0.39 is 35.6 Å². The van der Waals surface area contributed by atoms with Crippen molar-refractivity contribution in [1.29, 1.82) is 0 Å². The molecule has 35 heavy (non-hydrogen) atoms. The number of aryl methyl sites for hydroxylation is 2. The molecular weight excluding hydrogens is 466 g/mol. The van der Waals surface area contributed by atoms with E-state index in [0.717, 1.165) is 16.0 Å². The van der Waals surface area contributed by atoms with Crippen LogP contribution in [-0.2, 0) is 14.3 Å². The number of anilines is 1. The molecule has 2 atom stereocenters. The lowest BCUT2D eigenvalue weighted by Crippen LogP contribution is -2.51. The Bertz CT molecular complexity index is 1120. The molecule has 0 heterocycles. The number of thiol groups is 1. The first-order valence-electron chi connectivity index (χ1n) is 10.9. The summed E-state index contributed by atoms with van der Waals surface area (Å²) in [6.45, 7) is 8.75. The third-order valence-corrected chi connectivity index (χ3v) is 5.34. The molecule has 0 aliphatic carbocycles. The first-order valence-corrected chi connectivity index (χ1v) is 11.6. The van der Waals surface area contributed by atoms with E-state index in [4.69, 9.17) is 11.2 Å². The van der Waals surface area contributed by atoms with Gasteiger partial charge >= 0.3 is 6.09 Å². The summed E-state index contributed by atoms with van der Waals surface area (Å²) in [5.41, 5.74) is 1.74. The zero-order valence-electron chi connectivity index (χ0n) is 20.5. The second kappa shape index (κ2) is 11.7. The average molecular weight is 498 g/mol. The number of ether oxygens (including phenoxy) is 1. The molecule has 0 aromatic heterocycles. The third-order valence-electron chi connectivity index (χ3n) is 4.97. The molecule has 8 nitrogen and oxygen atoms in total. The highest BCUT2D eigenvalue weighted by Crippen LogP contribution is 2.28. The fourth-order valence-electron chi connectivity index (χ4n) is 3.38. The molecule has 0 bridgehead atoms. The van der Waals surface area contributed by atoms with Gasteiger partial charge in [0.25, 0.3) is 11.8 Å². The van der Waals surface area contributed by atoms with Crippen LogP contribution in [0.4, 0.5) is 10.5 Å². The van der Waals surface area contributed by atoms with E-state index in [1.165, 1.54) is 18.2 Å². The number of hydrogen-bond acceptors (Lipinski definition) is 6. The van der Waals surface area contributed by atoms with Crippen molar-refractivity contribution in [2.75, 3.05) is 11.1 Å². The lowest BCUT2D eigenvalue weighted by Gasteiger charge is -2.30. The summed E-state index contributed by atoms with van der Waals surface area (Å²) in [5.74, 6) is -1.52. The van der Waals surface area contributed by atoms with Gasteiger partial charge < -0.3 is 20.5 Å². The molecule has 9 heteroatoms. The minimum absolute atomic E-state index is 0.0957. The lowest BCUT2D eigenvalue weighted by atomic mass is 10.0. The maximum atomic E-state index is 13.5. The Labute approximate surface area is 211 Å². The number of terminal acetylenes is 1. The Morgan fingerprint density at radius 3 is 2.26 bits per heavy atom. The normalized spacial score (nSPS) is 12.6. The topological polar surface area (TPSA) is 108 Å². The van der Waals surface area contributed by atoms with Crippen LogP contribution in [0.3, 0.4) is 0 Å². The quantitative estimate of drug-likeness (QED) is 0.263. The number of nitrogens with zero attached hydrogens (tertiary/aromatic N) is 1. The summed E-state index contributed by atoms with van der Waals surface area (Å²) < 4.78 is 5.23. The Balaban J connectivity index is 2.45. The summed E-state index contributed by atoms with van der Waals surface area (Å²) in [7, 11) is 0. The number of benzene rings is 2. The van der Waals surface area contributed by atoms with Crippen LogP contribution in [0.2, 0.25) is 0 Å². The van der Waals surface area contributed by atoms with Crippen molar-refractivity contribution in [3.05, 3.63) is 59.2 Å². The third kappa shape index (κ3) is 7.42. The Kier molecular flexibility index (Phi) is 9.20. The second-order valence-corrected chi connectivity index (χ2v) is 9.34. The van der Waals surface area contributed by atoms with Crippen LogP contribution in [0, 0.1) is 26.3 Å². The fraction of sp³-hybridized carbons (Fsp3) is 0.346. The minimum Gasteiger partial charge on any atom is -0.508 e. The number of para-hydroxylation sites is 1. The van der Waals surface area contributed by atoms with Crippen LogP contribution in [0.1, 0.15) is 43.5 Å². The van der Waals surface area contributed by atoms with Gasteiger partial charge in [0.05, 0.1) is 0 Å². The summed E-state index contributed by atoms with van der Waals surface area (Å²) >= 11 is 4.18. The fourth-order valence-corrected chi connectivity index (χ4v) is 3.63. The number of amides is 3. The highest BCUT2D eigenvalue weighted by molar-refractivity contribution is 7.80. The van der Waals surface area contributed by atoms with E-state index in [2.05, 4.69) is 29.3 Å². The van der Waals surface area contributed by atoms with Crippen molar-refractivity contribution in [2.45, 2.75) is 52.3 Å². The molecule has 2 aromatic carbocycles. The van der Waals surface area contributed by atoms with Gasteiger partial charge in [-0.3, -0.25) is 14.5 Å². The van der Waals surface area contributed by atoms with Crippen LogP contribution in [0.5, 0.6) is 5.75 Å². The molecule has 0 saturated heterocycles. The Morgan fingerprint density at radius 1 is 1.14 bits per heavy atom. The monoisotopic (exact) mass is 497 g/mol. The van der Waals surface area contributed by atoms with Crippen molar-refractivity contribution in [2.24, 2.45) is 0 Å². The molecule has 2 rings (SSSR count). The lowest BCUT2D eigenvalue weighted by molar-refractivity contribution is -0.136. The first-order chi connectivity index (χ1) is 16.4. The molecule has 3 amide bonds. The summed E-state index contributed by atoms with van der Waals surface area (Å²) in [5, 5.41) is 15.3. The molecule has 0 saturated carbocycles. The molecule has 186 valence electrons. The summed E-state index contributed by atoms with van der Waals surface area (Å²) in [6, 6.07) is 11.2. The predicted molar refractivity (Wildman–Crippen MR) is 138 cm³/mol. The van der Waals surface area contributed by atoms with Gasteiger partial charge in [-0.2, -0.15) is 12.6 Å². The van der Waals surface area contributed by atoms with E-state index in [9.17, 15) is 19.5 Å². The zero-order chi connectivity index (χ0) is 26.3. The van der Waals surface area contributed by atoms with Crippen molar-refractivity contribution in [1.82, 2.24) is 10.2 Å². The van der Waals surface area contributed by atoms with Gasteiger partial charge in [-0.05, 0) is 63.4 Å². The van der Waals surface area contributed by atoms with Crippen molar-refractivity contribution in [3.63, 3.8) is 0 Å². The van der Waals surface area contributed by atoms with Crippen LogP contribution in [-0.4, -0.2) is 45.3 Å². The number of hydrogen-bond donors (Lipinski definition) is 4. The smallest absolute Gasteiger partial charge is 0.408 e. The van der Waals surface area contributed by atoms with Crippen LogP contribution in [0.15, 0.2) is 42.5 Å². The number of phenolic OH excluding ortho intramolecular Hbond substituents is 1. The summed E-state index contributed by atoms with van der Waals surface area (Å²) in [4.78, 5) is 40.1. The Hall–Kier alpha value is -3.64. The van der Waals surface area contributed by atoms with Gasteiger partial charge in [-0.1, -0.05) is 36.8 Å². The van der Waals surface area contributed by atoms with E-state index in [1.54, 1.807) is 26.8 Å². The highest BCUT2D eigenvalue weighted by atomic mass is 32.1. The number of rotatable bonds is 7. The number of phenols is 1. The first kappa shape index (κ1) is 27.6. The van der Waals surface area contributed by atoms with E-state index in [0.29, 0.717) is 5.69 Å². The van der Waals surface area contributed by atoms with Crippen LogP contribution >= 0.6 is 12.6 Å². The molecule has 0 aliphatic heterocycles. The minimum atomic E-state index is -1.30. The van der Waals surface area contributed by atoms with Crippen LogP contribution in [0.25, 0.3) is 0 Å². The largest absolute Gasteiger partial charge is 0.508 e. The highest BCUT2D eigenvalue weighted by Gasteiger charge is 2.36. The molecule has 3 N–H and O–H groups in total. The Morgan fingerprint density at radius 2 is 1.74 bits per heavy atom. The van der Waals surface area contributed by atoms with Gasteiger partial charge in [0.1, 0.15) is 23.4 Å². The molecular formula is C26H31N3O5S. The second-order valence-electron chi connectivity index (χ2n) is 8.97. The number of alkyl carbamates (subject to hydrolysis) is 1. The van der Waals surface area contributed by atoms with Gasteiger partial charge in [0.15, 0.2) is 0 Å². The molecule has 0 aliphatic rings. The van der Waals surface area contributed by atoms with Crippen molar-refractivity contribution < 1.29 is 24.2 Å². The molecule has 2 unspecified atom stereocenters.